The van der Waals surface area contributed by atoms with Crippen molar-refractivity contribution in [3.8, 4) is 0 Å². The van der Waals surface area contributed by atoms with E-state index in [1.165, 1.54) is 19.1 Å². The Bertz CT molecular complexity index is 336. The predicted molar refractivity (Wildman–Crippen MR) is 43.9 cm³/mol. The molecule has 1 rings (SSSR count). The highest BCUT2D eigenvalue weighted by Crippen LogP contribution is 2.12. The number of rotatable bonds is 2. The third-order valence-corrected chi connectivity index (χ3v) is 1.70. The molecule has 0 saturated heterocycles. The molecule has 13 heavy (non-hydrogen) atoms. The van der Waals surface area contributed by atoms with E-state index in [4.69, 9.17) is 10.2 Å². The van der Waals surface area contributed by atoms with Gasteiger partial charge in [0, 0.05) is 0 Å². The molecule has 1 radical (unpaired) electrons. The van der Waals surface area contributed by atoms with Gasteiger partial charge in [-0.15, -0.1) is 0 Å². The number of benzene rings is 1. The summed E-state index contributed by atoms with van der Waals surface area (Å²) in [5.41, 5.74) is 0.124. The monoisotopic (exact) mass is 179 g/mol. The summed E-state index contributed by atoms with van der Waals surface area (Å²) >= 11 is 0. The zero-order valence-electron chi connectivity index (χ0n) is 6.87. The van der Waals surface area contributed by atoms with Crippen LogP contribution in [0.15, 0.2) is 12.1 Å². The summed E-state index contributed by atoms with van der Waals surface area (Å²) in [6.07, 6.45) is 0. The van der Waals surface area contributed by atoms with E-state index in [1.807, 2.05) is 0 Å². The fraction of sp³-hybridized carbons (Fsp3) is 0.111. The van der Waals surface area contributed by atoms with Crippen LogP contribution in [0.5, 0.6) is 0 Å². The van der Waals surface area contributed by atoms with Crippen LogP contribution in [0.1, 0.15) is 26.3 Å². The highest BCUT2D eigenvalue weighted by molar-refractivity contribution is 5.96. The highest BCUT2D eigenvalue weighted by Gasteiger charge is 2.13. The van der Waals surface area contributed by atoms with Crippen molar-refractivity contribution in [3.05, 3.63) is 34.9 Å². The van der Waals surface area contributed by atoms with Crippen molar-refractivity contribution in [1.82, 2.24) is 0 Å². The number of carboxylic acids is 2. The van der Waals surface area contributed by atoms with Gasteiger partial charge in [0.25, 0.3) is 0 Å². The number of hydrogen-bond donors (Lipinski definition) is 2. The number of carboxylic acid groups (broad SMARTS) is 2. The molecule has 0 unspecified atom stereocenters. The Balaban J connectivity index is 3.35. The summed E-state index contributed by atoms with van der Waals surface area (Å²) < 4.78 is 0. The third-order valence-electron chi connectivity index (χ3n) is 1.70. The quantitative estimate of drug-likeness (QED) is 0.715. The van der Waals surface area contributed by atoms with Crippen LogP contribution < -0.4 is 0 Å². The summed E-state index contributed by atoms with van der Waals surface area (Å²) in [5.74, 6) is -2.30. The lowest BCUT2D eigenvalue weighted by atomic mass is 10.0. The Hall–Kier alpha value is -1.84. The lowest BCUT2D eigenvalue weighted by Gasteiger charge is -2.02. The molecule has 0 saturated carbocycles. The lowest BCUT2D eigenvalue weighted by molar-refractivity contribution is 0.0695. The van der Waals surface area contributed by atoms with Gasteiger partial charge in [-0.25, -0.2) is 9.59 Å². The molecule has 4 nitrogen and oxygen atoms in total. The molecule has 4 heteroatoms. The Labute approximate surface area is 74.4 Å². The van der Waals surface area contributed by atoms with Crippen LogP contribution in [-0.4, -0.2) is 22.2 Å². The van der Waals surface area contributed by atoms with Crippen molar-refractivity contribution in [3.63, 3.8) is 0 Å². The Morgan fingerprint density at radius 2 is 1.92 bits per heavy atom. The molecule has 2 N–H and O–H groups in total. The summed E-state index contributed by atoms with van der Waals surface area (Å²) in [6, 6.07) is 5.08. The van der Waals surface area contributed by atoms with Crippen LogP contribution in [-0.2, 0) is 0 Å². The van der Waals surface area contributed by atoms with Gasteiger partial charge in [0.1, 0.15) is 0 Å². The van der Waals surface area contributed by atoms with E-state index in [0.717, 1.165) is 0 Å². The van der Waals surface area contributed by atoms with Gasteiger partial charge in [0.2, 0.25) is 0 Å². The minimum absolute atomic E-state index is 0.00356. The molecule has 0 bridgehead atoms. The van der Waals surface area contributed by atoms with Gasteiger partial charge in [-0.2, -0.15) is 0 Å². The molecule has 0 amide bonds. The minimum Gasteiger partial charge on any atom is -0.478 e. The fourth-order valence-electron chi connectivity index (χ4n) is 1.03. The van der Waals surface area contributed by atoms with E-state index in [0.29, 0.717) is 0 Å². The Morgan fingerprint density at radius 1 is 1.31 bits per heavy atom. The first-order chi connectivity index (χ1) is 6.04. The van der Waals surface area contributed by atoms with Gasteiger partial charge in [-0.1, -0.05) is 6.07 Å². The maximum absolute atomic E-state index is 10.6. The first-order valence-electron chi connectivity index (χ1n) is 3.52. The minimum atomic E-state index is -1.17. The fourth-order valence-corrected chi connectivity index (χ4v) is 1.03. The largest absolute Gasteiger partial charge is 0.478 e. The average Bonchev–Trinajstić information content (AvgIpc) is 2.03. The van der Waals surface area contributed by atoms with E-state index < -0.39 is 11.9 Å². The summed E-state index contributed by atoms with van der Waals surface area (Å²) in [4.78, 5) is 21.2. The third kappa shape index (κ3) is 1.66. The van der Waals surface area contributed by atoms with Gasteiger partial charge >= 0.3 is 11.9 Å². The molecule has 0 atom stereocenters. The van der Waals surface area contributed by atoms with Crippen LogP contribution in [0, 0.1) is 13.0 Å². The second-order valence-corrected chi connectivity index (χ2v) is 2.50. The molecule has 0 aromatic heterocycles. The number of carbonyl (C=O) groups is 2. The second-order valence-electron chi connectivity index (χ2n) is 2.50. The summed E-state index contributed by atoms with van der Waals surface area (Å²) in [6.45, 7) is 1.45. The maximum Gasteiger partial charge on any atom is 0.336 e. The summed E-state index contributed by atoms with van der Waals surface area (Å²) in [7, 11) is 0. The van der Waals surface area contributed by atoms with E-state index in [2.05, 4.69) is 6.07 Å². The molecule has 0 spiro atoms. The molecule has 67 valence electrons. The number of aromatic carboxylic acids is 2. The summed E-state index contributed by atoms with van der Waals surface area (Å²) in [5, 5.41) is 17.3. The van der Waals surface area contributed by atoms with Gasteiger partial charge in [-0.3, -0.25) is 0 Å². The van der Waals surface area contributed by atoms with Gasteiger partial charge < -0.3 is 10.2 Å². The van der Waals surface area contributed by atoms with Crippen LogP contribution >= 0.6 is 0 Å². The molecule has 1 aromatic rings. The Morgan fingerprint density at radius 3 is 2.38 bits per heavy atom. The van der Waals surface area contributed by atoms with Gasteiger partial charge in [0.05, 0.1) is 11.1 Å². The van der Waals surface area contributed by atoms with Crippen molar-refractivity contribution >= 4 is 11.9 Å². The first-order valence-corrected chi connectivity index (χ1v) is 3.52. The van der Waals surface area contributed by atoms with E-state index in [1.54, 1.807) is 0 Å². The van der Waals surface area contributed by atoms with Gasteiger partial charge in [-0.05, 0) is 24.6 Å². The zero-order valence-corrected chi connectivity index (χ0v) is 6.87. The van der Waals surface area contributed by atoms with Crippen LogP contribution in [0.25, 0.3) is 0 Å². The van der Waals surface area contributed by atoms with Crippen molar-refractivity contribution in [1.29, 1.82) is 0 Å². The van der Waals surface area contributed by atoms with Crippen LogP contribution in [0.3, 0.4) is 0 Å². The van der Waals surface area contributed by atoms with Crippen molar-refractivity contribution in [2.45, 2.75) is 6.92 Å². The Kier molecular flexibility index (Phi) is 2.32. The molecular weight excluding hydrogens is 172 g/mol. The molecule has 1 aromatic carbocycles. The SMILES string of the molecule is Cc1c(C(=O)O)[c]ccc1C(=O)O. The van der Waals surface area contributed by atoms with Crippen molar-refractivity contribution < 1.29 is 19.8 Å². The van der Waals surface area contributed by atoms with E-state index in [9.17, 15) is 9.59 Å². The molecule has 0 heterocycles. The van der Waals surface area contributed by atoms with Crippen LogP contribution in [0.4, 0.5) is 0 Å². The molecule has 0 aliphatic carbocycles. The maximum atomic E-state index is 10.6. The lowest BCUT2D eigenvalue weighted by Crippen LogP contribution is -2.06. The van der Waals surface area contributed by atoms with Crippen molar-refractivity contribution in [2.24, 2.45) is 0 Å². The van der Waals surface area contributed by atoms with Crippen LogP contribution in [0.2, 0.25) is 0 Å². The zero-order chi connectivity index (χ0) is 10.0. The molecule has 0 fully saturated rings. The average molecular weight is 179 g/mol. The smallest absolute Gasteiger partial charge is 0.336 e. The molecule has 0 aliphatic heterocycles. The molecular formula is C9H7O4. The molecule has 0 aliphatic rings. The van der Waals surface area contributed by atoms with Crippen molar-refractivity contribution in [2.75, 3.05) is 0 Å². The highest BCUT2D eigenvalue weighted by atomic mass is 16.4. The first kappa shape index (κ1) is 9.25. The van der Waals surface area contributed by atoms with Gasteiger partial charge in [0.15, 0.2) is 0 Å². The topological polar surface area (TPSA) is 74.6 Å². The van der Waals surface area contributed by atoms with E-state index in [-0.39, 0.29) is 16.7 Å². The van der Waals surface area contributed by atoms with E-state index >= 15 is 0 Å². The number of hydrogen-bond acceptors (Lipinski definition) is 2. The standard InChI is InChI=1S/C9H7O4/c1-5-6(8(10)11)3-2-4-7(5)9(12)13/h2-3H,1H3,(H,10,11)(H,12,13). The normalized spacial score (nSPS) is 9.62. The second kappa shape index (κ2) is 3.26. The predicted octanol–water partition coefficient (Wildman–Crippen LogP) is 1.19.